The molecule has 4 heterocycles. The number of carbonyl (C=O) groups is 2. The van der Waals surface area contributed by atoms with Crippen molar-refractivity contribution < 1.29 is 70.1 Å². The smallest absolute Gasteiger partial charge is 0.496 e. The molecule has 12 heteroatoms. The Morgan fingerprint density at radius 1 is 0.434 bits per heavy atom. The van der Waals surface area contributed by atoms with E-state index in [-0.39, 0.29) is 40.8 Å². The number of aromatic nitrogens is 4. The zero-order chi connectivity index (χ0) is 58.5. The van der Waals surface area contributed by atoms with Gasteiger partial charge >= 0.3 is 20.4 Å². The predicted octanol–water partition coefficient (Wildman–Crippen LogP) is 12.9. The second kappa shape index (κ2) is 39.7. The summed E-state index contributed by atoms with van der Waals surface area (Å²) in [5, 5.41) is 14.8. The molecule has 0 fully saturated rings. The van der Waals surface area contributed by atoms with Gasteiger partial charge < -0.3 is 29.7 Å². The van der Waals surface area contributed by atoms with Crippen LogP contribution in [0.1, 0.15) is 43.0 Å². The van der Waals surface area contributed by atoms with Crippen LogP contribution in [-0.2, 0) is 50.4 Å². The summed E-state index contributed by atoms with van der Waals surface area (Å²) in [5.41, 5.74) is 11.6. The Bertz CT molecular complexity index is 3660. The molecule has 0 unspecified atom stereocenters. The SMILES string of the molecule is C#CC#CC#CC#CC#CC#CC#CC#CC#CC.CC(=O)O.CC(=O)O.Cc1ccc(-c2ccccn2)[c-]c1Oc1[c-]c(-c2ccccn2)ccc1C.Cc1ccc(-c2ccccn2)cc1Oc1cc(-c2ccccn2)ccc1C.[Pd+2].[Pd]. The van der Waals surface area contributed by atoms with Crippen molar-refractivity contribution in [1.82, 2.24) is 19.9 Å². The van der Waals surface area contributed by atoms with Crippen LogP contribution in [0, 0.1) is 147 Å². The molecule has 8 rings (SSSR count). The summed E-state index contributed by atoms with van der Waals surface area (Å²) in [5.74, 6) is 43.3. The number of ether oxygens (including phenoxy) is 2. The summed E-state index contributed by atoms with van der Waals surface area (Å²) in [6, 6.07) is 50.6. The Morgan fingerprint density at radius 3 is 1.04 bits per heavy atom. The molecule has 0 radical (unpaired) electrons. The van der Waals surface area contributed by atoms with Crippen LogP contribution in [-0.4, -0.2) is 42.1 Å². The number of aliphatic carboxylic acids is 2. The molecule has 0 saturated carbocycles. The van der Waals surface area contributed by atoms with Crippen molar-refractivity contribution in [1.29, 1.82) is 0 Å². The van der Waals surface area contributed by atoms with Gasteiger partial charge in [0.25, 0.3) is 11.9 Å². The maximum atomic E-state index is 9.00. The average molecular weight is 1270 g/mol. The summed E-state index contributed by atoms with van der Waals surface area (Å²) in [7, 11) is 0. The van der Waals surface area contributed by atoms with Crippen LogP contribution in [0.25, 0.3) is 45.0 Å². The predicted molar refractivity (Wildman–Crippen MR) is 319 cm³/mol. The zero-order valence-corrected chi connectivity index (χ0v) is 49.1. The maximum absolute atomic E-state index is 9.00. The molecule has 0 spiro atoms. The van der Waals surface area contributed by atoms with Gasteiger partial charge in [-0.3, -0.25) is 19.6 Å². The molecule has 0 aliphatic heterocycles. The van der Waals surface area contributed by atoms with Gasteiger partial charge in [-0.25, -0.2) is 0 Å². The van der Waals surface area contributed by atoms with Crippen molar-refractivity contribution in [3.8, 4) is 175 Å². The first-order valence-corrected chi connectivity index (χ1v) is 24.3. The number of terminal acetylenes is 1. The van der Waals surface area contributed by atoms with Crippen molar-refractivity contribution in [3.63, 3.8) is 0 Å². The van der Waals surface area contributed by atoms with E-state index in [1.807, 2.05) is 123 Å². The van der Waals surface area contributed by atoms with E-state index < -0.39 is 11.9 Å². The molecule has 4 aromatic carbocycles. The summed E-state index contributed by atoms with van der Waals surface area (Å²) >= 11 is 0. The molecule has 0 aliphatic carbocycles. The van der Waals surface area contributed by atoms with E-state index in [1.54, 1.807) is 31.7 Å². The van der Waals surface area contributed by atoms with E-state index in [4.69, 9.17) is 35.7 Å². The first-order valence-electron chi connectivity index (χ1n) is 24.3. The number of aryl methyl sites for hydroxylation is 4. The van der Waals surface area contributed by atoms with E-state index in [2.05, 4.69) is 171 Å². The minimum Gasteiger partial charge on any atom is -0.496 e. The Kier molecular flexibility index (Phi) is 32.8. The zero-order valence-electron chi connectivity index (χ0n) is 46.0. The molecule has 2 N–H and O–H groups in total. The van der Waals surface area contributed by atoms with Crippen LogP contribution in [0.3, 0.4) is 0 Å². The van der Waals surface area contributed by atoms with Crippen LogP contribution in [0.4, 0.5) is 0 Å². The van der Waals surface area contributed by atoms with Gasteiger partial charge in [-0.1, -0.05) is 104 Å². The first kappa shape index (κ1) is 68.5. The Labute approximate surface area is 514 Å². The van der Waals surface area contributed by atoms with Gasteiger partial charge in [0.1, 0.15) is 11.5 Å². The minimum absolute atomic E-state index is 0. The number of carboxylic acids is 2. The summed E-state index contributed by atoms with van der Waals surface area (Å²) < 4.78 is 12.5. The number of hydrogen-bond donors (Lipinski definition) is 2. The van der Waals surface area contributed by atoms with E-state index in [0.717, 1.165) is 92.6 Å². The van der Waals surface area contributed by atoms with Gasteiger partial charge in [0.15, 0.2) is 0 Å². The monoisotopic (exact) mass is 1270 g/mol. The Hall–Kier alpha value is -10.6. The van der Waals surface area contributed by atoms with E-state index in [1.165, 1.54) is 0 Å². The van der Waals surface area contributed by atoms with Gasteiger partial charge in [-0.15, -0.1) is 41.8 Å². The normalized spacial score (nSPS) is 8.36. The fourth-order valence-electron chi connectivity index (χ4n) is 6.18. The first-order chi connectivity index (χ1) is 39.3. The molecule has 0 amide bonds. The molecule has 8 aromatic rings. The van der Waals surface area contributed by atoms with Crippen molar-refractivity contribution in [2.45, 2.75) is 48.5 Å². The number of benzene rings is 4. The summed E-state index contributed by atoms with van der Waals surface area (Å²) in [6.45, 7) is 12.0. The number of pyridine rings is 4. The second-order valence-corrected chi connectivity index (χ2v) is 16.1. The maximum Gasteiger partial charge on any atom is 2.00 e. The summed E-state index contributed by atoms with van der Waals surface area (Å²) in [6.07, 6.45) is 12.0. The van der Waals surface area contributed by atoms with Gasteiger partial charge in [-0.2, -0.15) is 0 Å². The molecule has 10 nitrogen and oxygen atoms in total. The third-order valence-electron chi connectivity index (χ3n) is 9.89. The fraction of sp³-hybridized carbons (Fsp3) is 0.0986. The van der Waals surface area contributed by atoms with E-state index in [9.17, 15) is 0 Å². The molecule has 0 atom stereocenters. The number of carboxylic acid groups (broad SMARTS) is 2. The Morgan fingerprint density at radius 2 is 0.735 bits per heavy atom. The largest absolute Gasteiger partial charge is 2.00 e. The van der Waals surface area contributed by atoms with Gasteiger partial charge in [0, 0.05) is 81.7 Å². The van der Waals surface area contributed by atoms with E-state index in [0.29, 0.717) is 11.5 Å². The standard InChI is InChI=1S/C24H20N2O.C24H18N2O.C19H4.2C2H4O2.2Pd/c2*1-17-9-11-19(21-7-3-5-13-25-21)15-23(17)27-24-16-20(12-10-18(24)2)22-8-4-6-14-26-22;1-3-5-7-9-11-13-15-17-19-18-16-14-12-10-8-6-4-2;2*1-2(3)4;;/h3-16H,1-2H3;3-14H,1-2H3;1H,2H3;2*1H3,(H,3,4);;/q;-2;;;;;+2. The van der Waals surface area contributed by atoms with Crippen LogP contribution in [0.2, 0.25) is 0 Å². The average Bonchev–Trinajstić information content (AvgIpc) is 3.53. The van der Waals surface area contributed by atoms with Crippen molar-refractivity contribution in [3.05, 3.63) is 193 Å². The number of nitrogens with zero attached hydrogens (tertiary/aromatic N) is 4. The van der Waals surface area contributed by atoms with Crippen molar-refractivity contribution >= 4 is 11.9 Å². The van der Waals surface area contributed by atoms with Crippen LogP contribution >= 0.6 is 0 Å². The fourth-order valence-corrected chi connectivity index (χ4v) is 6.18. The quantitative estimate of drug-likeness (QED) is 0.0857. The van der Waals surface area contributed by atoms with Crippen LogP contribution < -0.4 is 9.47 Å². The minimum atomic E-state index is -0.833. The number of hydrogen-bond acceptors (Lipinski definition) is 8. The Balaban J connectivity index is 0.000000400. The van der Waals surface area contributed by atoms with Gasteiger partial charge in [0.2, 0.25) is 0 Å². The molecule has 410 valence electrons. The molecule has 83 heavy (non-hydrogen) atoms. The molecule has 0 saturated heterocycles. The topological polar surface area (TPSA) is 145 Å². The molecular weight excluding hydrogens is 1220 g/mol. The molecule has 0 aliphatic rings. The third-order valence-corrected chi connectivity index (χ3v) is 9.89. The molecule has 4 aromatic heterocycles. The third kappa shape index (κ3) is 26.7. The van der Waals surface area contributed by atoms with E-state index >= 15 is 0 Å². The summed E-state index contributed by atoms with van der Waals surface area (Å²) in [4.78, 5) is 35.7. The second-order valence-electron chi connectivity index (χ2n) is 16.1. The van der Waals surface area contributed by atoms with Crippen molar-refractivity contribution in [2.24, 2.45) is 0 Å². The van der Waals surface area contributed by atoms with Crippen molar-refractivity contribution in [2.75, 3.05) is 0 Å². The van der Waals surface area contributed by atoms with Gasteiger partial charge in [0.05, 0.1) is 11.4 Å². The van der Waals surface area contributed by atoms with Gasteiger partial charge in [-0.05, 0) is 187 Å². The number of rotatable bonds is 8. The van der Waals surface area contributed by atoms with Crippen LogP contribution in [0.5, 0.6) is 23.0 Å². The molecule has 0 bridgehead atoms. The molecular formula is C71H50N4O6Pd2. The van der Waals surface area contributed by atoms with Crippen LogP contribution in [0.15, 0.2) is 158 Å².